The molecule has 0 spiro atoms. The van der Waals surface area contributed by atoms with Gasteiger partial charge in [0.2, 0.25) is 11.8 Å². The van der Waals surface area contributed by atoms with E-state index >= 15 is 0 Å². The zero-order valence-corrected chi connectivity index (χ0v) is 15.5. The first-order chi connectivity index (χ1) is 12.0. The Morgan fingerprint density at radius 1 is 1.08 bits per heavy atom. The summed E-state index contributed by atoms with van der Waals surface area (Å²) in [5, 5.41) is 10.9. The highest BCUT2D eigenvalue weighted by Gasteiger charge is 2.05. The summed E-state index contributed by atoms with van der Waals surface area (Å²) < 4.78 is 0. The van der Waals surface area contributed by atoms with Crippen LogP contribution in [0.1, 0.15) is 24.3 Å². The summed E-state index contributed by atoms with van der Waals surface area (Å²) >= 11 is 1.70. The summed E-state index contributed by atoms with van der Waals surface area (Å²) in [5.74, 6) is -0.0160. The van der Waals surface area contributed by atoms with Crippen molar-refractivity contribution < 1.29 is 9.59 Å². The number of hydrogen-bond acceptors (Lipinski definition) is 4. The molecule has 0 saturated carbocycles. The third-order valence-corrected chi connectivity index (χ3v) is 4.43. The third-order valence-electron chi connectivity index (χ3n) is 3.50. The number of thiophene rings is 1. The number of amides is 2. The highest BCUT2D eigenvalue weighted by molar-refractivity contribution is 7.09. The van der Waals surface area contributed by atoms with Crippen molar-refractivity contribution in [3.63, 3.8) is 0 Å². The molecular formula is C19H25N3O2S. The fourth-order valence-corrected chi connectivity index (χ4v) is 3.03. The van der Waals surface area contributed by atoms with Crippen molar-refractivity contribution in [2.24, 2.45) is 0 Å². The second kappa shape index (κ2) is 9.84. The van der Waals surface area contributed by atoms with Gasteiger partial charge in [0.1, 0.15) is 0 Å². The van der Waals surface area contributed by atoms with E-state index in [-0.39, 0.29) is 24.4 Å². The first-order valence-electron chi connectivity index (χ1n) is 8.44. The summed E-state index contributed by atoms with van der Waals surface area (Å²) in [4.78, 5) is 24.8. The quantitative estimate of drug-likeness (QED) is 0.644. The normalized spacial score (nSPS) is 10.5. The van der Waals surface area contributed by atoms with Crippen LogP contribution < -0.4 is 16.0 Å². The Morgan fingerprint density at radius 2 is 1.84 bits per heavy atom. The van der Waals surface area contributed by atoms with Crippen molar-refractivity contribution in [1.29, 1.82) is 0 Å². The van der Waals surface area contributed by atoms with Gasteiger partial charge in [-0.25, -0.2) is 0 Å². The molecule has 1 aromatic carbocycles. The highest BCUT2D eigenvalue weighted by Crippen LogP contribution is 2.10. The second-order valence-corrected chi connectivity index (χ2v) is 7.16. The standard InChI is InChI=1S/C19H25N3O2S/c1-14(2)22-18(23)12-15-5-7-16(8-6-15)21-13-19(24)20-10-9-17-4-3-11-25-17/h3-8,11,14,21H,9-10,12-13H2,1-2H3,(H,20,24)(H,22,23). The molecule has 3 N–H and O–H groups in total. The Balaban J connectivity index is 1.68. The molecule has 0 aliphatic rings. The van der Waals surface area contributed by atoms with Gasteiger partial charge in [-0.3, -0.25) is 9.59 Å². The molecule has 5 nitrogen and oxygen atoms in total. The molecule has 134 valence electrons. The van der Waals surface area contributed by atoms with Crippen LogP contribution in [-0.4, -0.2) is 30.9 Å². The van der Waals surface area contributed by atoms with E-state index in [4.69, 9.17) is 0 Å². The van der Waals surface area contributed by atoms with Gasteiger partial charge in [0.15, 0.2) is 0 Å². The van der Waals surface area contributed by atoms with Crippen LogP contribution >= 0.6 is 11.3 Å². The van der Waals surface area contributed by atoms with Crippen LogP contribution in [0.5, 0.6) is 0 Å². The van der Waals surface area contributed by atoms with Crippen LogP contribution in [0.3, 0.4) is 0 Å². The number of rotatable bonds is 9. The summed E-state index contributed by atoms with van der Waals surface area (Å²) in [7, 11) is 0. The van der Waals surface area contributed by atoms with Crippen LogP contribution in [0.15, 0.2) is 41.8 Å². The van der Waals surface area contributed by atoms with Crippen LogP contribution in [0.25, 0.3) is 0 Å². The summed E-state index contributed by atoms with van der Waals surface area (Å²) in [6.07, 6.45) is 1.22. The number of benzene rings is 1. The molecule has 0 atom stereocenters. The molecular weight excluding hydrogens is 334 g/mol. The molecule has 25 heavy (non-hydrogen) atoms. The fraction of sp³-hybridized carbons (Fsp3) is 0.368. The molecule has 0 aliphatic carbocycles. The highest BCUT2D eigenvalue weighted by atomic mass is 32.1. The predicted octanol–water partition coefficient (Wildman–Crippen LogP) is 2.59. The van der Waals surface area contributed by atoms with Crippen molar-refractivity contribution >= 4 is 28.8 Å². The van der Waals surface area contributed by atoms with E-state index in [0.717, 1.165) is 17.7 Å². The van der Waals surface area contributed by atoms with Gasteiger partial charge in [0, 0.05) is 23.2 Å². The molecule has 0 radical (unpaired) electrons. The van der Waals surface area contributed by atoms with E-state index in [1.54, 1.807) is 11.3 Å². The van der Waals surface area contributed by atoms with Gasteiger partial charge in [-0.05, 0) is 49.4 Å². The molecule has 2 aromatic rings. The van der Waals surface area contributed by atoms with Crippen LogP contribution in [0, 0.1) is 0 Å². The minimum Gasteiger partial charge on any atom is -0.376 e. The van der Waals surface area contributed by atoms with Crippen molar-refractivity contribution in [3.8, 4) is 0 Å². The van der Waals surface area contributed by atoms with E-state index in [0.29, 0.717) is 13.0 Å². The summed E-state index contributed by atoms with van der Waals surface area (Å²) in [5.41, 5.74) is 1.81. The Hall–Kier alpha value is -2.34. The lowest BCUT2D eigenvalue weighted by molar-refractivity contribution is -0.121. The Bertz CT molecular complexity index is 666. The maximum atomic E-state index is 11.8. The van der Waals surface area contributed by atoms with E-state index in [2.05, 4.69) is 22.0 Å². The number of hydrogen-bond donors (Lipinski definition) is 3. The monoisotopic (exact) mass is 359 g/mol. The Kier molecular flexibility index (Phi) is 7.47. The zero-order valence-electron chi connectivity index (χ0n) is 14.7. The number of anilines is 1. The first-order valence-corrected chi connectivity index (χ1v) is 9.32. The molecule has 1 aromatic heterocycles. The molecule has 2 rings (SSSR count). The van der Waals surface area contributed by atoms with Crippen molar-refractivity contribution in [1.82, 2.24) is 10.6 Å². The van der Waals surface area contributed by atoms with Gasteiger partial charge >= 0.3 is 0 Å². The van der Waals surface area contributed by atoms with Crippen LogP contribution in [0.2, 0.25) is 0 Å². The topological polar surface area (TPSA) is 70.2 Å². The minimum atomic E-state index is -0.0306. The van der Waals surface area contributed by atoms with Gasteiger partial charge in [-0.2, -0.15) is 0 Å². The molecule has 6 heteroatoms. The summed E-state index contributed by atoms with van der Waals surface area (Å²) in [6.45, 7) is 4.76. The van der Waals surface area contributed by atoms with Gasteiger partial charge in [0.05, 0.1) is 13.0 Å². The summed E-state index contributed by atoms with van der Waals surface area (Å²) in [6, 6.07) is 11.8. The average Bonchev–Trinajstić information content (AvgIpc) is 3.07. The minimum absolute atomic E-state index is 0.0147. The molecule has 2 amide bonds. The lowest BCUT2D eigenvalue weighted by Crippen LogP contribution is -2.31. The smallest absolute Gasteiger partial charge is 0.239 e. The third kappa shape index (κ3) is 7.39. The number of carbonyl (C=O) groups excluding carboxylic acids is 2. The van der Waals surface area contributed by atoms with E-state index in [1.165, 1.54) is 4.88 Å². The number of carbonyl (C=O) groups is 2. The SMILES string of the molecule is CC(C)NC(=O)Cc1ccc(NCC(=O)NCCc2cccs2)cc1. The van der Waals surface area contributed by atoms with E-state index in [1.807, 2.05) is 49.6 Å². The van der Waals surface area contributed by atoms with Crippen molar-refractivity contribution in [2.75, 3.05) is 18.4 Å². The maximum Gasteiger partial charge on any atom is 0.239 e. The largest absolute Gasteiger partial charge is 0.376 e. The molecule has 0 aliphatic heterocycles. The van der Waals surface area contributed by atoms with Crippen molar-refractivity contribution in [2.45, 2.75) is 32.7 Å². The van der Waals surface area contributed by atoms with E-state index < -0.39 is 0 Å². The average molecular weight is 359 g/mol. The first kappa shape index (κ1) is 19.0. The van der Waals surface area contributed by atoms with E-state index in [9.17, 15) is 9.59 Å². The van der Waals surface area contributed by atoms with Gasteiger partial charge < -0.3 is 16.0 Å². The van der Waals surface area contributed by atoms with Crippen LogP contribution in [-0.2, 0) is 22.4 Å². The predicted molar refractivity (Wildman–Crippen MR) is 103 cm³/mol. The fourth-order valence-electron chi connectivity index (χ4n) is 2.32. The lowest BCUT2D eigenvalue weighted by Gasteiger charge is -2.10. The van der Waals surface area contributed by atoms with Gasteiger partial charge in [0.25, 0.3) is 0 Å². The molecule has 0 fully saturated rings. The van der Waals surface area contributed by atoms with Gasteiger partial charge in [-0.15, -0.1) is 11.3 Å². The maximum absolute atomic E-state index is 11.8. The molecule has 0 unspecified atom stereocenters. The molecule has 0 saturated heterocycles. The lowest BCUT2D eigenvalue weighted by atomic mass is 10.1. The van der Waals surface area contributed by atoms with Crippen LogP contribution in [0.4, 0.5) is 5.69 Å². The van der Waals surface area contributed by atoms with Crippen molar-refractivity contribution in [3.05, 3.63) is 52.2 Å². The molecule has 0 bridgehead atoms. The van der Waals surface area contributed by atoms with Gasteiger partial charge in [-0.1, -0.05) is 18.2 Å². The Labute approximate surface area is 152 Å². The zero-order chi connectivity index (χ0) is 18.1. The number of nitrogens with one attached hydrogen (secondary N) is 3. The second-order valence-electron chi connectivity index (χ2n) is 6.13. The molecule has 1 heterocycles. The Morgan fingerprint density at radius 3 is 2.48 bits per heavy atom.